The molecule has 1 aromatic carbocycles. The van der Waals surface area contributed by atoms with Crippen LogP contribution in [0.15, 0.2) is 28.7 Å². The van der Waals surface area contributed by atoms with Crippen LogP contribution in [0.1, 0.15) is 45.8 Å². The van der Waals surface area contributed by atoms with Crippen molar-refractivity contribution in [3.63, 3.8) is 0 Å². The second kappa shape index (κ2) is 7.83. The molecular weight excluding hydrogens is 370 g/mol. The number of nitrogens with one attached hydrogen (secondary N) is 2. The zero-order valence-corrected chi connectivity index (χ0v) is 16.7. The number of Topliss-reactive ketones (excluding diaryl/α,β-unsaturated/α-hetero) is 1. The SMILES string of the molecule is Cc1cc(CNc2cccc3c2CN(C2CCC(C(=O)C=O)NC2)C3=O)oc1C. The third-order valence-electron chi connectivity index (χ3n) is 5.95. The van der Waals surface area contributed by atoms with Crippen molar-refractivity contribution in [3.8, 4) is 0 Å². The van der Waals surface area contributed by atoms with Crippen molar-refractivity contribution in [1.82, 2.24) is 10.2 Å². The number of benzene rings is 1. The first kappa shape index (κ1) is 19.4. The van der Waals surface area contributed by atoms with Crippen LogP contribution in [0.2, 0.25) is 0 Å². The van der Waals surface area contributed by atoms with Crippen LogP contribution in [0.5, 0.6) is 0 Å². The number of furan rings is 1. The number of rotatable bonds is 6. The maximum atomic E-state index is 13.0. The lowest BCUT2D eigenvalue weighted by atomic mass is 9.97. The van der Waals surface area contributed by atoms with Gasteiger partial charge in [-0.1, -0.05) is 6.07 Å². The Hall–Kier alpha value is -2.93. The maximum absolute atomic E-state index is 13.0. The molecule has 152 valence electrons. The van der Waals surface area contributed by atoms with Crippen LogP contribution in [-0.4, -0.2) is 41.5 Å². The highest BCUT2D eigenvalue weighted by molar-refractivity contribution is 6.27. The van der Waals surface area contributed by atoms with E-state index in [0.717, 1.165) is 28.3 Å². The fourth-order valence-corrected chi connectivity index (χ4v) is 4.17. The first-order valence-corrected chi connectivity index (χ1v) is 9.93. The number of ketones is 1. The van der Waals surface area contributed by atoms with Gasteiger partial charge in [-0.05, 0) is 50.5 Å². The summed E-state index contributed by atoms with van der Waals surface area (Å²) in [6, 6.07) is 7.33. The highest BCUT2D eigenvalue weighted by atomic mass is 16.3. The van der Waals surface area contributed by atoms with Gasteiger partial charge in [-0.2, -0.15) is 0 Å². The maximum Gasteiger partial charge on any atom is 0.254 e. The van der Waals surface area contributed by atoms with Crippen molar-refractivity contribution in [3.05, 3.63) is 52.5 Å². The van der Waals surface area contributed by atoms with E-state index in [4.69, 9.17) is 4.42 Å². The van der Waals surface area contributed by atoms with Crippen LogP contribution in [0, 0.1) is 13.8 Å². The highest BCUT2D eigenvalue weighted by Gasteiger charge is 2.36. The zero-order chi connectivity index (χ0) is 20.5. The summed E-state index contributed by atoms with van der Waals surface area (Å²) in [7, 11) is 0. The van der Waals surface area contributed by atoms with Crippen molar-refractivity contribution in [2.45, 2.75) is 51.9 Å². The van der Waals surface area contributed by atoms with Crippen LogP contribution >= 0.6 is 0 Å². The summed E-state index contributed by atoms with van der Waals surface area (Å²) in [6.45, 7) is 5.56. The molecule has 1 fully saturated rings. The molecule has 3 heterocycles. The summed E-state index contributed by atoms with van der Waals surface area (Å²) < 4.78 is 5.73. The lowest BCUT2D eigenvalue weighted by molar-refractivity contribution is -0.131. The minimum atomic E-state index is -0.429. The third-order valence-corrected chi connectivity index (χ3v) is 5.95. The van der Waals surface area contributed by atoms with Crippen LogP contribution in [0.3, 0.4) is 0 Å². The molecule has 2 atom stereocenters. The van der Waals surface area contributed by atoms with Crippen LogP contribution < -0.4 is 10.6 Å². The predicted octanol–water partition coefficient (Wildman–Crippen LogP) is 2.35. The van der Waals surface area contributed by atoms with E-state index in [2.05, 4.69) is 10.6 Å². The summed E-state index contributed by atoms with van der Waals surface area (Å²) in [6.07, 6.45) is 1.63. The van der Waals surface area contributed by atoms with Gasteiger partial charge >= 0.3 is 0 Å². The predicted molar refractivity (Wildman–Crippen MR) is 108 cm³/mol. The number of carbonyl (C=O) groups excluding carboxylic acids is 3. The van der Waals surface area contributed by atoms with E-state index in [-0.39, 0.29) is 11.9 Å². The Morgan fingerprint density at radius 3 is 2.83 bits per heavy atom. The number of piperidine rings is 1. The minimum Gasteiger partial charge on any atom is -0.464 e. The van der Waals surface area contributed by atoms with Crippen LogP contribution in [0.4, 0.5) is 5.69 Å². The highest BCUT2D eigenvalue weighted by Crippen LogP contribution is 2.32. The number of anilines is 1. The molecule has 1 aromatic heterocycles. The average molecular weight is 395 g/mol. The fraction of sp³-hybridized carbons (Fsp3) is 0.409. The number of carbonyl (C=O) groups is 3. The average Bonchev–Trinajstić information content (AvgIpc) is 3.25. The molecule has 0 saturated carbocycles. The Balaban J connectivity index is 1.45. The molecule has 2 aromatic rings. The van der Waals surface area contributed by atoms with Crippen molar-refractivity contribution in [2.75, 3.05) is 11.9 Å². The summed E-state index contributed by atoms with van der Waals surface area (Å²) in [4.78, 5) is 37.1. The smallest absolute Gasteiger partial charge is 0.254 e. The standard InChI is InChI=1S/C22H25N3O4/c1-13-8-16(29-14(13)2)10-24-19-5-3-4-17-18(19)11-25(22(17)28)15-6-7-20(23-9-15)21(27)12-26/h3-5,8,12,15,20,23-24H,6-7,9-11H2,1-2H3. The van der Waals surface area contributed by atoms with Crippen LogP contribution in [-0.2, 0) is 22.7 Å². The topological polar surface area (TPSA) is 91.7 Å². The summed E-state index contributed by atoms with van der Waals surface area (Å²) in [5.41, 5.74) is 3.76. The van der Waals surface area contributed by atoms with E-state index in [1.807, 2.05) is 43.0 Å². The van der Waals surface area contributed by atoms with E-state index in [9.17, 15) is 14.4 Å². The first-order chi connectivity index (χ1) is 14.0. The van der Waals surface area contributed by atoms with Gasteiger partial charge in [-0.3, -0.25) is 14.4 Å². The molecule has 2 aliphatic heterocycles. The second-order valence-electron chi connectivity index (χ2n) is 7.78. The molecule has 1 saturated heterocycles. The number of aldehydes is 1. The number of fused-ring (bicyclic) bond motifs is 1. The number of nitrogens with zero attached hydrogens (tertiary/aromatic N) is 1. The van der Waals surface area contributed by atoms with Gasteiger partial charge in [-0.15, -0.1) is 0 Å². The van der Waals surface area contributed by atoms with E-state index < -0.39 is 11.8 Å². The second-order valence-corrected chi connectivity index (χ2v) is 7.78. The van der Waals surface area contributed by atoms with E-state index in [1.54, 1.807) is 0 Å². The molecule has 2 unspecified atom stereocenters. The number of aryl methyl sites for hydroxylation is 2. The Morgan fingerprint density at radius 1 is 1.34 bits per heavy atom. The molecule has 0 radical (unpaired) electrons. The molecule has 7 heteroatoms. The lowest BCUT2D eigenvalue weighted by Gasteiger charge is -2.34. The van der Waals surface area contributed by atoms with Crippen LogP contribution in [0.25, 0.3) is 0 Å². The molecule has 7 nitrogen and oxygen atoms in total. The summed E-state index contributed by atoms with van der Waals surface area (Å²) in [5.74, 6) is 1.37. The normalized spacial score (nSPS) is 21.2. The van der Waals surface area contributed by atoms with Gasteiger partial charge < -0.3 is 20.0 Å². The third kappa shape index (κ3) is 3.70. The Kier molecular flexibility index (Phi) is 5.24. The largest absolute Gasteiger partial charge is 0.464 e. The number of amides is 1. The molecule has 4 rings (SSSR count). The lowest BCUT2D eigenvalue weighted by Crippen LogP contribution is -2.52. The van der Waals surface area contributed by atoms with Crippen molar-refractivity contribution in [2.24, 2.45) is 0 Å². The Labute approximate surface area is 169 Å². The fourth-order valence-electron chi connectivity index (χ4n) is 4.17. The van der Waals surface area contributed by atoms with E-state index in [1.165, 1.54) is 0 Å². The molecule has 0 spiro atoms. The van der Waals surface area contributed by atoms with Gasteiger partial charge in [-0.25, -0.2) is 0 Å². The van der Waals surface area contributed by atoms with Crippen molar-refractivity contribution < 1.29 is 18.8 Å². The molecular formula is C22H25N3O4. The molecule has 2 aliphatic rings. The Morgan fingerprint density at radius 2 is 2.17 bits per heavy atom. The van der Waals surface area contributed by atoms with E-state index in [0.29, 0.717) is 44.3 Å². The first-order valence-electron chi connectivity index (χ1n) is 9.93. The van der Waals surface area contributed by atoms with Crippen molar-refractivity contribution in [1.29, 1.82) is 0 Å². The Bertz CT molecular complexity index is 937. The van der Waals surface area contributed by atoms with Gasteiger partial charge in [0.05, 0.1) is 12.6 Å². The van der Waals surface area contributed by atoms with Crippen molar-refractivity contribution >= 4 is 23.7 Å². The van der Waals surface area contributed by atoms with Gasteiger partial charge in [0.1, 0.15) is 11.5 Å². The zero-order valence-electron chi connectivity index (χ0n) is 16.7. The molecule has 29 heavy (non-hydrogen) atoms. The summed E-state index contributed by atoms with van der Waals surface area (Å²) >= 11 is 0. The molecule has 1 amide bonds. The molecule has 2 N–H and O–H groups in total. The number of hydrogen-bond acceptors (Lipinski definition) is 6. The minimum absolute atomic E-state index is 0.00817. The quantitative estimate of drug-likeness (QED) is 0.576. The molecule has 0 bridgehead atoms. The van der Waals surface area contributed by atoms with Gasteiger partial charge in [0, 0.05) is 35.9 Å². The monoisotopic (exact) mass is 395 g/mol. The molecule has 0 aliphatic carbocycles. The van der Waals surface area contributed by atoms with Gasteiger partial charge in [0.25, 0.3) is 5.91 Å². The van der Waals surface area contributed by atoms with E-state index >= 15 is 0 Å². The van der Waals surface area contributed by atoms with Gasteiger partial charge in [0.2, 0.25) is 5.78 Å². The van der Waals surface area contributed by atoms with Gasteiger partial charge in [0.15, 0.2) is 6.29 Å². The number of hydrogen-bond donors (Lipinski definition) is 2. The summed E-state index contributed by atoms with van der Waals surface area (Å²) in [5, 5.41) is 6.51.